The molecule has 0 aromatic carbocycles. The summed E-state index contributed by atoms with van der Waals surface area (Å²) in [7, 11) is 1.76. The van der Waals surface area contributed by atoms with Gasteiger partial charge in [-0.25, -0.2) is 4.79 Å². The van der Waals surface area contributed by atoms with Gasteiger partial charge in [-0.3, -0.25) is 19.7 Å². The van der Waals surface area contributed by atoms with Gasteiger partial charge in [0.05, 0.1) is 0 Å². The van der Waals surface area contributed by atoms with E-state index in [1.54, 1.807) is 11.9 Å². The van der Waals surface area contributed by atoms with Crippen LogP contribution in [0.5, 0.6) is 0 Å². The lowest BCUT2D eigenvalue weighted by atomic mass is 9.95. The maximum Gasteiger partial charge on any atom is 0.325 e. The lowest BCUT2D eigenvalue weighted by molar-refractivity contribution is -0.139. The fourth-order valence-electron chi connectivity index (χ4n) is 4.50. The van der Waals surface area contributed by atoms with Crippen molar-refractivity contribution < 1.29 is 19.2 Å². The van der Waals surface area contributed by atoms with Crippen molar-refractivity contribution in [2.24, 2.45) is 5.92 Å². The predicted octanol–water partition coefficient (Wildman–Crippen LogP) is 0.955. The van der Waals surface area contributed by atoms with Crippen LogP contribution in [0.3, 0.4) is 0 Å². The Balaban J connectivity index is 1.55. The number of amides is 5. The van der Waals surface area contributed by atoms with Gasteiger partial charge < -0.3 is 14.7 Å². The van der Waals surface area contributed by atoms with Crippen LogP contribution in [-0.4, -0.2) is 76.7 Å². The summed E-state index contributed by atoms with van der Waals surface area (Å²) >= 11 is 0. The van der Waals surface area contributed by atoms with Crippen molar-refractivity contribution in [3.05, 3.63) is 0 Å². The molecule has 8 heteroatoms. The molecule has 150 valence electrons. The number of fused-ring (bicyclic) bond motifs is 2. The highest BCUT2D eigenvalue weighted by molar-refractivity contribution is 6.03. The summed E-state index contributed by atoms with van der Waals surface area (Å²) in [6.45, 7) is 4.11. The summed E-state index contributed by atoms with van der Waals surface area (Å²) in [6.07, 6.45) is 5.09. The van der Waals surface area contributed by atoms with Crippen LogP contribution in [0.2, 0.25) is 0 Å². The molecule has 3 fully saturated rings. The second-order valence-electron chi connectivity index (χ2n) is 8.46. The van der Waals surface area contributed by atoms with Gasteiger partial charge in [0.2, 0.25) is 17.7 Å². The van der Waals surface area contributed by atoms with Crippen LogP contribution in [0.4, 0.5) is 4.79 Å². The van der Waals surface area contributed by atoms with Crippen molar-refractivity contribution in [1.29, 1.82) is 0 Å². The van der Waals surface area contributed by atoms with E-state index in [1.807, 2.05) is 0 Å². The zero-order valence-electron chi connectivity index (χ0n) is 16.4. The van der Waals surface area contributed by atoms with Crippen molar-refractivity contribution in [1.82, 2.24) is 20.0 Å². The van der Waals surface area contributed by atoms with Crippen LogP contribution in [0.15, 0.2) is 0 Å². The first-order valence-electron chi connectivity index (χ1n) is 9.91. The molecular weight excluding hydrogens is 348 g/mol. The maximum atomic E-state index is 12.6. The largest absolute Gasteiger partial charge is 0.341 e. The van der Waals surface area contributed by atoms with Crippen LogP contribution in [0.25, 0.3) is 0 Å². The Hall–Kier alpha value is -2.12. The molecule has 0 radical (unpaired) electrons. The van der Waals surface area contributed by atoms with E-state index in [0.29, 0.717) is 12.3 Å². The lowest BCUT2D eigenvalue weighted by Gasteiger charge is -2.42. The Morgan fingerprint density at radius 1 is 1.19 bits per heavy atom. The number of carbonyl (C=O) groups excluding carboxylic acids is 4. The van der Waals surface area contributed by atoms with Gasteiger partial charge in [-0.15, -0.1) is 0 Å². The fourth-order valence-corrected chi connectivity index (χ4v) is 4.50. The van der Waals surface area contributed by atoms with Crippen molar-refractivity contribution in [3.8, 4) is 0 Å². The van der Waals surface area contributed by atoms with E-state index in [4.69, 9.17) is 0 Å². The van der Waals surface area contributed by atoms with Gasteiger partial charge in [0.15, 0.2) is 0 Å². The Kier molecular flexibility index (Phi) is 5.72. The molecule has 2 bridgehead atoms. The van der Waals surface area contributed by atoms with E-state index in [1.165, 1.54) is 4.90 Å². The number of hydrogen-bond acceptors (Lipinski definition) is 4. The highest BCUT2D eigenvalue weighted by atomic mass is 16.2. The SMILES string of the molecule is CC(C)CCC(=O)N1[C@@H]2CC[C@H]1CC(N(C)C(=O)CN1CC(=O)NC1=O)C2. The molecular formula is C19H30N4O4. The zero-order chi connectivity index (χ0) is 19.7. The number of rotatable bonds is 6. The summed E-state index contributed by atoms with van der Waals surface area (Å²) in [5.41, 5.74) is 0. The molecule has 0 spiro atoms. The molecule has 3 aliphatic heterocycles. The van der Waals surface area contributed by atoms with E-state index in [0.717, 1.165) is 32.1 Å². The zero-order valence-corrected chi connectivity index (χ0v) is 16.4. The standard InChI is InChI=1S/C19H30N4O4/c1-12(2)4-7-17(25)23-13-5-6-14(23)9-15(8-13)21(3)18(26)11-22-10-16(24)20-19(22)27/h12-15H,4-11H2,1-3H3,(H,20,24,27)/t13-,14+,15?. The summed E-state index contributed by atoms with van der Waals surface area (Å²) in [5, 5.41) is 2.19. The van der Waals surface area contributed by atoms with Crippen molar-refractivity contribution in [2.75, 3.05) is 20.1 Å². The first kappa shape index (κ1) is 19.6. The minimum Gasteiger partial charge on any atom is -0.341 e. The summed E-state index contributed by atoms with van der Waals surface area (Å²) in [4.78, 5) is 53.1. The molecule has 5 amide bonds. The van der Waals surface area contributed by atoms with Crippen LogP contribution in [0.1, 0.15) is 52.4 Å². The van der Waals surface area contributed by atoms with Gasteiger partial charge in [0.1, 0.15) is 13.1 Å². The molecule has 1 unspecified atom stereocenters. The number of hydrogen-bond donors (Lipinski definition) is 1. The molecule has 0 aromatic rings. The molecule has 3 saturated heterocycles. The number of piperidine rings is 1. The highest BCUT2D eigenvalue weighted by Gasteiger charge is 2.44. The topological polar surface area (TPSA) is 90.0 Å². The van der Waals surface area contributed by atoms with Gasteiger partial charge in [0.25, 0.3) is 0 Å². The minimum absolute atomic E-state index is 0.0630. The minimum atomic E-state index is -0.507. The number of nitrogens with one attached hydrogen (secondary N) is 1. The average Bonchev–Trinajstić information content (AvgIpc) is 3.06. The van der Waals surface area contributed by atoms with E-state index in [-0.39, 0.29) is 48.9 Å². The van der Waals surface area contributed by atoms with Gasteiger partial charge in [-0.1, -0.05) is 13.8 Å². The van der Waals surface area contributed by atoms with Crippen molar-refractivity contribution >= 4 is 23.8 Å². The smallest absolute Gasteiger partial charge is 0.325 e. The molecule has 3 aliphatic rings. The molecule has 27 heavy (non-hydrogen) atoms. The van der Waals surface area contributed by atoms with Crippen LogP contribution >= 0.6 is 0 Å². The number of carbonyl (C=O) groups is 4. The van der Waals surface area contributed by atoms with Gasteiger partial charge in [0, 0.05) is 31.6 Å². The fraction of sp³-hybridized carbons (Fsp3) is 0.789. The molecule has 0 aliphatic carbocycles. The van der Waals surface area contributed by atoms with Gasteiger partial charge in [-0.2, -0.15) is 0 Å². The third-order valence-corrected chi connectivity index (χ3v) is 6.07. The monoisotopic (exact) mass is 378 g/mol. The Morgan fingerprint density at radius 3 is 2.33 bits per heavy atom. The van der Waals surface area contributed by atoms with Gasteiger partial charge >= 0.3 is 6.03 Å². The normalized spacial score (nSPS) is 27.3. The van der Waals surface area contributed by atoms with Crippen LogP contribution in [0, 0.1) is 5.92 Å². The molecule has 8 nitrogen and oxygen atoms in total. The third kappa shape index (κ3) is 4.25. The van der Waals surface area contributed by atoms with Crippen molar-refractivity contribution in [3.63, 3.8) is 0 Å². The second-order valence-corrected chi connectivity index (χ2v) is 8.46. The van der Waals surface area contributed by atoms with E-state index >= 15 is 0 Å². The van der Waals surface area contributed by atoms with Gasteiger partial charge in [-0.05, 0) is 38.0 Å². The summed E-state index contributed by atoms with van der Waals surface area (Å²) < 4.78 is 0. The van der Waals surface area contributed by atoms with Crippen LogP contribution < -0.4 is 5.32 Å². The number of urea groups is 1. The number of nitrogens with zero attached hydrogens (tertiary/aromatic N) is 3. The summed E-state index contributed by atoms with van der Waals surface area (Å²) in [5.74, 6) is 0.226. The first-order valence-corrected chi connectivity index (χ1v) is 9.91. The molecule has 0 saturated carbocycles. The Labute approximate surface area is 160 Å². The lowest BCUT2D eigenvalue weighted by Crippen LogP contribution is -2.54. The molecule has 3 rings (SSSR count). The Bertz CT molecular complexity index is 621. The Morgan fingerprint density at radius 2 is 1.81 bits per heavy atom. The highest BCUT2D eigenvalue weighted by Crippen LogP contribution is 2.38. The third-order valence-electron chi connectivity index (χ3n) is 6.07. The molecule has 3 heterocycles. The average molecular weight is 378 g/mol. The van der Waals surface area contributed by atoms with E-state index < -0.39 is 6.03 Å². The summed E-state index contributed by atoms with van der Waals surface area (Å²) in [6, 6.07) is -0.0152. The van der Waals surface area contributed by atoms with Crippen molar-refractivity contribution in [2.45, 2.75) is 70.5 Å². The number of likely N-dealkylation sites (N-methyl/N-ethyl adjacent to an activating group) is 1. The molecule has 3 atom stereocenters. The molecule has 1 N–H and O–H groups in total. The quantitative estimate of drug-likeness (QED) is 0.697. The molecule has 0 aromatic heterocycles. The number of imide groups is 1. The second kappa shape index (κ2) is 7.86. The first-order chi connectivity index (χ1) is 12.8. The van der Waals surface area contributed by atoms with Crippen LogP contribution in [-0.2, 0) is 14.4 Å². The predicted molar refractivity (Wildman–Crippen MR) is 98.6 cm³/mol. The van der Waals surface area contributed by atoms with E-state index in [2.05, 4.69) is 24.1 Å². The van der Waals surface area contributed by atoms with E-state index in [9.17, 15) is 19.2 Å². The maximum absolute atomic E-state index is 12.6.